The number of amides is 1. The highest BCUT2D eigenvalue weighted by Gasteiger charge is 2.27. The largest absolute Gasteiger partial charge is 0.341 e. The molecule has 0 aliphatic carbocycles. The Morgan fingerprint density at radius 1 is 0.912 bits per heavy atom. The molecule has 1 fully saturated rings. The monoisotopic (exact) mass is 475 g/mol. The zero-order valence-corrected chi connectivity index (χ0v) is 20.4. The molecule has 0 spiro atoms. The molecule has 0 radical (unpaired) electrons. The third-order valence-corrected chi connectivity index (χ3v) is 8.65. The average molecular weight is 476 g/mol. The van der Waals surface area contributed by atoms with Gasteiger partial charge in [0.05, 0.1) is 4.90 Å². The van der Waals surface area contributed by atoms with Gasteiger partial charge in [-0.2, -0.15) is 4.31 Å². The number of benzene rings is 3. The first-order valence-electron chi connectivity index (χ1n) is 11.8. The summed E-state index contributed by atoms with van der Waals surface area (Å²) in [4.78, 5) is 13.4. The molecule has 34 heavy (non-hydrogen) atoms. The summed E-state index contributed by atoms with van der Waals surface area (Å²) >= 11 is 0. The van der Waals surface area contributed by atoms with Crippen molar-refractivity contribution in [2.75, 3.05) is 18.4 Å². The second kappa shape index (κ2) is 8.89. The number of sulfonamides is 1. The molecule has 0 saturated carbocycles. The highest BCUT2D eigenvalue weighted by atomic mass is 32.2. The van der Waals surface area contributed by atoms with Gasteiger partial charge in [0, 0.05) is 52.7 Å². The van der Waals surface area contributed by atoms with E-state index in [1.165, 1.54) is 10.4 Å². The van der Waals surface area contributed by atoms with E-state index in [2.05, 4.69) is 28.9 Å². The Morgan fingerprint density at radius 2 is 1.65 bits per heavy atom. The fraction of sp³-hybridized carbons (Fsp3) is 0.296. The van der Waals surface area contributed by atoms with Gasteiger partial charge in [-0.3, -0.25) is 4.79 Å². The third kappa shape index (κ3) is 3.89. The van der Waals surface area contributed by atoms with E-state index in [1.54, 1.807) is 12.1 Å². The van der Waals surface area contributed by atoms with Gasteiger partial charge in [-0.1, -0.05) is 30.7 Å². The van der Waals surface area contributed by atoms with E-state index >= 15 is 0 Å². The summed E-state index contributed by atoms with van der Waals surface area (Å²) in [6.45, 7) is 5.86. The molecular weight excluding hydrogens is 446 g/mol. The predicted octanol–water partition coefficient (Wildman–Crippen LogP) is 5.55. The van der Waals surface area contributed by atoms with E-state index in [0.717, 1.165) is 53.2 Å². The average Bonchev–Trinajstić information content (AvgIpc) is 3.17. The Kier molecular flexibility index (Phi) is 5.91. The Bertz CT molecular complexity index is 1500. The number of carbonyl (C=O) groups excluding carboxylic acids is 1. The van der Waals surface area contributed by atoms with Crippen molar-refractivity contribution in [3.63, 3.8) is 0 Å². The van der Waals surface area contributed by atoms with Gasteiger partial charge < -0.3 is 9.88 Å². The first-order valence-corrected chi connectivity index (χ1v) is 13.3. The lowest BCUT2D eigenvalue weighted by Gasteiger charge is -2.26. The molecule has 1 aromatic heterocycles. The fourth-order valence-corrected chi connectivity index (χ4v) is 6.47. The van der Waals surface area contributed by atoms with E-state index in [9.17, 15) is 13.2 Å². The number of nitrogens with zero attached hydrogens (tertiary/aromatic N) is 2. The Morgan fingerprint density at radius 3 is 2.41 bits per heavy atom. The molecule has 1 saturated heterocycles. The fourth-order valence-electron chi connectivity index (χ4n) is 4.93. The van der Waals surface area contributed by atoms with E-state index in [4.69, 9.17) is 0 Å². The minimum atomic E-state index is -3.61. The molecule has 176 valence electrons. The minimum Gasteiger partial charge on any atom is -0.341 e. The van der Waals surface area contributed by atoms with Crippen molar-refractivity contribution in [1.29, 1.82) is 0 Å². The van der Waals surface area contributed by atoms with Crippen molar-refractivity contribution < 1.29 is 13.2 Å². The summed E-state index contributed by atoms with van der Waals surface area (Å²) in [6.07, 6.45) is 2.79. The molecule has 6 nitrogen and oxygen atoms in total. The Labute approximate surface area is 200 Å². The number of hydrogen-bond acceptors (Lipinski definition) is 3. The summed E-state index contributed by atoms with van der Waals surface area (Å²) in [6, 6.07) is 19.0. The zero-order chi connectivity index (χ0) is 23.9. The molecule has 3 aromatic carbocycles. The van der Waals surface area contributed by atoms with Crippen LogP contribution in [0.25, 0.3) is 21.8 Å². The second-order valence-electron chi connectivity index (χ2n) is 8.89. The van der Waals surface area contributed by atoms with Gasteiger partial charge in [-0.15, -0.1) is 0 Å². The van der Waals surface area contributed by atoms with Crippen LogP contribution in [0, 0.1) is 6.92 Å². The Balaban J connectivity index is 1.47. The van der Waals surface area contributed by atoms with Crippen LogP contribution in [-0.4, -0.2) is 36.3 Å². The third-order valence-electron chi connectivity index (χ3n) is 6.75. The van der Waals surface area contributed by atoms with E-state index in [0.29, 0.717) is 24.3 Å². The molecule has 4 aromatic rings. The van der Waals surface area contributed by atoms with Crippen LogP contribution in [0.3, 0.4) is 0 Å². The molecular formula is C27H29N3O3S. The van der Waals surface area contributed by atoms with E-state index in [-0.39, 0.29) is 10.8 Å². The number of carbonyl (C=O) groups is 1. The lowest BCUT2D eigenvalue weighted by atomic mass is 10.1. The van der Waals surface area contributed by atoms with Gasteiger partial charge in [-0.05, 0) is 68.7 Å². The smallest absolute Gasteiger partial charge is 0.255 e. The van der Waals surface area contributed by atoms with Crippen LogP contribution < -0.4 is 5.32 Å². The van der Waals surface area contributed by atoms with Crippen LogP contribution in [0.5, 0.6) is 0 Å². The molecule has 1 amide bonds. The maximum Gasteiger partial charge on any atom is 0.255 e. The lowest BCUT2D eigenvalue weighted by molar-refractivity contribution is 0.102. The van der Waals surface area contributed by atoms with Gasteiger partial charge in [0.25, 0.3) is 5.91 Å². The van der Waals surface area contributed by atoms with Gasteiger partial charge in [0.15, 0.2) is 0 Å². The summed E-state index contributed by atoms with van der Waals surface area (Å²) in [7, 11) is -3.61. The van der Waals surface area contributed by atoms with Crippen molar-refractivity contribution in [1.82, 2.24) is 8.87 Å². The summed E-state index contributed by atoms with van der Waals surface area (Å²) in [5, 5.41) is 5.20. The minimum absolute atomic E-state index is 0.173. The maximum absolute atomic E-state index is 13.2. The van der Waals surface area contributed by atoms with Gasteiger partial charge >= 0.3 is 0 Å². The number of para-hydroxylation sites is 1. The molecule has 1 N–H and O–H groups in total. The van der Waals surface area contributed by atoms with Crippen LogP contribution in [-0.2, 0) is 16.6 Å². The Hall–Kier alpha value is -3.16. The number of anilines is 1. The normalized spacial score (nSPS) is 15.1. The molecule has 1 aliphatic rings. The highest BCUT2D eigenvalue weighted by Crippen LogP contribution is 2.31. The first-order chi connectivity index (χ1) is 16.4. The molecule has 0 atom stereocenters. The summed E-state index contributed by atoms with van der Waals surface area (Å²) < 4.78 is 30.0. The van der Waals surface area contributed by atoms with E-state index < -0.39 is 10.0 Å². The standard InChI is InChI=1S/C27H29N3O3S/c1-3-30-25-10-6-5-9-22(25)24-17-20(12-14-26(24)30)28-27(31)23-18-21(13-11-19(23)2)34(32,33)29-15-7-4-8-16-29/h5-6,9-14,17-18H,3-4,7-8,15-16H2,1-2H3,(H,28,31). The lowest BCUT2D eigenvalue weighted by Crippen LogP contribution is -2.35. The first kappa shape index (κ1) is 22.6. The predicted molar refractivity (Wildman–Crippen MR) is 137 cm³/mol. The maximum atomic E-state index is 13.2. The van der Waals surface area contributed by atoms with Crippen LogP contribution in [0.1, 0.15) is 42.1 Å². The van der Waals surface area contributed by atoms with Gasteiger partial charge in [0.2, 0.25) is 10.0 Å². The quantitative estimate of drug-likeness (QED) is 0.411. The molecule has 2 heterocycles. The number of hydrogen-bond donors (Lipinski definition) is 1. The number of fused-ring (bicyclic) bond motifs is 3. The molecule has 5 rings (SSSR count). The SMILES string of the molecule is CCn1c2ccccc2c2cc(NC(=O)c3cc(S(=O)(=O)N4CCCCC4)ccc3C)ccc21. The van der Waals surface area contributed by atoms with Crippen molar-refractivity contribution in [2.45, 2.75) is 44.6 Å². The van der Waals surface area contributed by atoms with Gasteiger partial charge in [-0.25, -0.2) is 8.42 Å². The van der Waals surface area contributed by atoms with Crippen molar-refractivity contribution in [2.24, 2.45) is 0 Å². The van der Waals surface area contributed by atoms with Crippen molar-refractivity contribution >= 4 is 43.4 Å². The number of aromatic nitrogens is 1. The number of aryl methyl sites for hydroxylation is 2. The molecule has 1 aliphatic heterocycles. The van der Waals surface area contributed by atoms with E-state index in [1.807, 2.05) is 37.3 Å². The molecule has 7 heteroatoms. The topological polar surface area (TPSA) is 71.4 Å². The number of piperidine rings is 1. The van der Waals surface area contributed by atoms with Crippen LogP contribution in [0.4, 0.5) is 5.69 Å². The second-order valence-corrected chi connectivity index (χ2v) is 10.8. The summed E-state index contributed by atoms with van der Waals surface area (Å²) in [5.74, 6) is -0.313. The summed E-state index contributed by atoms with van der Waals surface area (Å²) in [5.41, 5.74) is 4.07. The van der Waals surface area contributed by atoms with Crippen LogP contribution in [0.15, 0.2) is 65.6 Å². The van der Waals surface area contributed by atoms with Crippen molar-refractivity contribution in [3.05, 3.63) is 71.8 Å². The van der Waals surface area contributed by atoms with Crippen LogP contribution in [0.2, 0.25) is 0 Å². The van der Waals surface area contributed by atoms with Crippen LogP contribution >= 0.6 is 0 Å². The van der Waals surface area contributed by atoms with Crippen molar-refractivity contribution in [3.8, 4) is 0 Å². The zero-order valence-electron chi connectivity index (χ0n) is 19.5. The highest BCUT2D eigenvalue weighted by molar-refractivity contribution is 7.89. The number of nitrogens with one attached hydrogen (secondary N) is 1. The number of rotatable bonds is 5. The molecule has 0 unspecified atom stereocenters. The van der Waals surface area contributed by atoms with Gasteiger partial charge in [0.1, 0.15) is 0 Å². The molecule has 0 bridgehead atoms.